The van der Waals surface area contributed by atoms with E-state index in [2.05, 4.69) is 15.3 Å². The Morgan fingerprint density at radius 1 is 1.12 bits per heavy atom. The first kappa shape index (κ1) is 29.0. The van der Waals surface area contributed by atoms with Gasteiger partial charge in [-0.2, -0.15) is 10.5 Å². The van der Waals surface area contributed by atoms with E-state index in [1.807, 2.05) is 34.7 Å². The molecule has 0 bridgehead atoms. The smallest absolute Gasteiger partial charge is 0.252 e. The molecule has 13 heteroatoms. The zero-order valence-electron chi connectivity index (χ0n) is 21.9. The molecule has 1 saturated carbocycles. The number of carbonyl (C=O) groups is 3. The summed E-state index contributed by atoms with van der Waals surface area (Å²) in [6.07, 6.45) is 0.319. The van der Waals surface area contributed by atoms with Gasteiger partial charge in [0.05, 0.1) is 11.6 Å². The molecule has 5 rings (SSSR count). The zero-order chi connectivity index (χ0) is 30.0. The van der Waals surface area contributed by atoms with E-state index in [0.717, 1.165) is 4.90 Å². The maximum Gasteiger partial charge on any atom is 0.252 e. The Morgan fingerprint density at radius 2 is 1.88 bits per heavy atom. The van der Waals surface area contributed by atoms with Crippen molar-refractivity contribution in [2.75, 3.05) is 9.80 Å². The summed E-state index contributed by atoms with van der Waals surface area (Å²) in [6, 6.07) is 14.9. The molecular weight excluding hydrogens is 659 g/mol. The Balaban J connectivity index is 1.62. The van der Waals surface area contributed by atoms with Crippen LogP contribution >= 0.6 is 22.6 Å². The van der Waals surface area contributed by atoms with Gasteiger partial charge in [-0.25, -0.2) is 18.7 Å². The lowest BCUT2D eigenvalue weighted by Crippen LogP contribution is -2.56. The molecule has 2 aliphatic rings. The molecule has 0 radical (unpaired) electrons. The van der Waals surface area contributed by atoms with Gasteiger partial charge in [0.2, 0.25) is 17.8 Å². The van der Waals surface area contributed by atoms with Crippen molar-refractivity contribution in [1.82, 2.24) is 15.3 Å². The van der Waals surface area contributed by atoms with Crippen LogP contribution in [0.25, 0.3) is 0 Å². The SMILES string of the molecule is N#Cc1cccc(N(C(=O)[C@@H]2CCC(=O)N2c2nccc(C#N)n2)[C@H](C(=O)NC2CC(F)(F)C2)c2ccccc2I)c1. The van der Waals surface area contributed by atoms with Crippen LogP contribution in [0.3, 0.4) is 0 Å². The fraction of sp³-hybridized carbons (Fsp3) is 0.276. The van der Waals surface area contributed by atoms with Crippen LogP contribution in [0, 0.1) is 26.2 Å². The molecule has 2 aromatic carbocycles. The van der Waals surface area contributed by atoms with Crippen molar-refractivity contribution in [1.29, 1.82) is 10.5 Å². The van der Waals surface area contributed by atoms with Crippen LogP contribution < -0.4 is 15.1 Å². The van der Waals surface area contributed by atoms with Gasteiger partial charge in [0, 0.05) is 40.8 Å². The maximum atomic E-state index is 14.6. The van der Waals surface area contributed by atoms with E-state index in [-0.39, 0.29) is 35.7 Å². The monoisotopic (exact) mass is 681 g/mol. The third-order valence-corrected chi connectivity index (χ3v) is 8.09. The number of nitrogens with zero attached hydrogens (tertiary/aromatic N) is 6. The van der Waals surface area contributed by atoms with E-state index in [1.165, 1.54) is 29.3 Å². The van der Waals surface area contributed by atoms with E-state index < -0.39 is 54.6 Å². The molecule has 3 aromatic rings. The van der Waals surface area contributed by atoms with Gasteiger partial charge in [-0.15, -0.1) is 0 Å². The van der Waals surface area contributed by atoms with Crippen molar-refractivity contribution in [3.63, 3.8) is 0 Å². The first-order valence-electron chi connectivity index (χ1n) is 12.9. The Hall–Kier alpha value is -4.50. The number of alkyl halides is 2. The van der Waals surface area contributed by atoms with Crippen LogP contribution in [0.1, 0.15) is 48.5 Å². The topological polar surface area (TPSA) is 143 Å². The van der Waals surface area contributed by atoms with Gasteiger partial charge in [-0.05, 0) is 64.9 Å². The second-order valence-corrected chi connectivity index (χ2v) is 11.1. The number of nitriles is 2. The average Bonchev–Trinajstić information content (AvgIpc) is 3.36. The minimum atomic E-state index is -2.88. The largest absolute Gasteiger partial charge is 0.351 e. The highest BCUT2D eigenvalue weighted by Gasteiger charge is 2.48. The summed E-state index contributed by atoms with van der Waals surface area (Å²) < 4.78 is 27.9. The fourth-order valence-corrected chi connectivity index (χ4v) is 5.80. The molecule has 10 nitrogen and oxygen atoms in total. The minimum Gasteiger partial charge on any atom is -0.351 e. The highest BCUT2D eigenvalue weighted by Crippen LogP contribution is 2.39. The standard InChI is InChI=1S/C29H22F2IN7O3/c30-29(31)13-19(14-29)36-26(41)25(21-6-1-2-7-22(21)32)38(20-5-3-4-17(12-20)15-33)27(42)23-8-9-24(40)39(23)28-35-11-10-18(16-34)37-28/h1-7,10-12,19,23,25H,8-9,13-14H2,(H,36,41)/t23-,25-/m0/s1. The number of carbonyl (C=O) groups excluding carboxylic acids is 3. The van der Waals surface area contributed by atoms with E-state index >= 15 is 0 Å². The van der Waals surface area contributed by atoms with Crippen LogP contribution in [-0.2, 0) is 14.4 Å². The predicted octanol–water partition coefficient (Wildman–Crippen LogP) is 4.01. The number of anilines is 2. The Bertz CT molecular complexity index is 1650. The molecule has 2 heterocycles. The summed E-state index contributed by atoms with van der Waals surface area (Å²) in [5.41, 5.74) is 0.841. The lowest BCUT2D eigenvalue weighted by molar-refractivity contribution is -0.133. The van der Waals surface area contributed by atoms with E-state index in [1.54, 1.807) is 36.4 Å². The molecule has 0 unspecified atom stereocenters. The van der Waals surface area contributed by atoms with Crippen LogP contribution in [0.2, 0.25) is 0 Å². The number of halogens is 3. The lowest BCUT2D eigenvalue weighted by Gasteiger charge is -2.39. The van der Waals surface area contributed by atoms with Crippen molar-refractivity contribution in [3.8, 4) is 12.1 Å². The molecule has 1 saturated heterocycles. The number of hydrogen-bond donors (Lipinski definition) is 1. The molecule has 42 heavy (non-hydrogen) atoms. The van der Waals surface area contributed by atoms with Gasteiger partial charge in [-0.1, -0.05) is 24.3 Å². The number of rotatable bonds is 7. The molecule has 0 spiro atoms. The Morgan fingerprint density at radius 3 is 2.57 bits per heavy atom. The zero-order valence-corrected chi connectivity index (χ0v) is 24.0. The van der Waals surface area contributed by atoms with Crippen molar-refractivity contribution in [2.45, 2.75) is 49.7 Å². The van der Waals surface area contributed by atoms with Gasteiger partial charge < -0.3 is 5.32 Å². The average molecular weight is 681 g/mol. The van der Waals surface area contributed by atoms with Crippen molar-refractivity contribution < 1.29 is 23.2 Å². The molecule has 3 amide bonds. The van der Waals surface area contributed by atoms with E-state index in [0.29, 0.717) is 9.13 Å². The molecule has 2 fully saturated rings. The predicted molar refractivity (Wildman–Crippen MR) is 154 cm³/mol. The van der Waals surface area contributed by atoms with Gasteiger partial charge in [0.1, 0.15) is 23.8 Å². The first-order valence-corrected chi connectivity index (χ1v) is 14.0. The number of nitrogens with one attached hydrogen (secondary N) is 1. The van der Waals surface area contributed by atoms with Gasteiger partial charge in [0.15, 0.2) is 0 Å². The van der Waals surface area contributed by atoms with E-state index in [9.17, 15) is 33.7 Å². The lowest BCUT2D eigenvalue weighted by atomic mass is 9.87. The van der Waals surface area contributed by atoms with Crippen LogP contribution in [-0.4, -0.2) is 45.7 Å². The summed E-state index contributed by atoms with van der Waals surface area (Å²) >= 11 is 2.03. The molecule has 1 aliphatic heterocycles. The number of aromatic nitrogens is 2. The van der Waals surface area contributed by atoms with Crippen molar-refractivity contribution in [3.05, 3.63) is 81.2 Å². The first-order chi connectivity index (χ1) is 20.1. The normalized spacial score (nSPS) is 18.4. The summed E-state index contributed by atoms with van der Waals surface area (Å²) in [5, 5.41) is 21.6. The molecular formula is C29H22F2IN7O3. The summed E-state index contributed by atoms with van der Waals surface area (Å²) in [7, 11) is 0. The third kappa shape index (κ3) is 5.78. The second-order valence-electron chi connectivity index (χ2n) is 9.94. The van der Waals surface area contributed by atoms with Gasteiger partial charge in [0.25, 0.3) is 11.8 Å². The third-order valence-electron chi connectivity index (χ3n) is 7.10. The molecule has 1 N–H and O–H groups in total. The number of hydrogen-bond acceptors (Lipinski definition) is 7. The summed E-state index contributed by atoms with van der Waals surface area (Å²) in [6.45, 7) is 0. The van der Waals surface area contributed by atoms with Gasteiger partial charge in [-0.3, -0.25) is 24.2 Å². The minimum absolute atomic E-state index is 0.00197. The number of amides is 3. The molecule has 2 atom stereocenters. The highest BCUT2D eigenvalue weighted by molar-refractivity contribution is 14.1. The fourth-order valence-electron chi connectivity index (χ4n) is 5.12. The molecule has 1 aliphatic carbocycles. The van der Waals surface area contributed by atoms with Gasteiger partial charge >= 0.3 is 0 Å². The maximum absolute atomic E-state index is 14.6. The van der Waals surface area contributed by atoms with Crippen LogP contribution in [0.5, 0.6) is 0 Å². The molecule has 212 valence electrons. The second kappa shape index (κ2) is 11.8. The van der Waals surface area contributed by atoms with Crippen LogP contribution in [0.15, 0.2) is 60.8 Å². The van der Waals surface area contributed by atoms with E-state index in [4.69, 9.17) is 0 Å². The quantitative estimate of drug-likeness (QED) is 0.372. The number of benzene rings is 2. The summed E-state index contributed by atoms with van der Waals surface area (Å²) in [4.78, 5) is 52.1. The molecule has 1 aromatic heterocycles. The Kier molecular flexibility index (Phi) is 8.13. The summed E-state index contributed by atoms with van der Waals surface area (Å²) in [5.74, 6) is -4.81. The van der Waals surface area contributed by atoms with Crippen molar-refractivity contribution >= 4 is 51.9 Å². The van der Waals surface area contributed by atoms with Crippen molar-refractivity contribution in [2.24, 2.45) is 0 Å². The highest BCUT2D eigenvalue weighted by atomic mass is 127. The van der Waals surface area contributed by atoms with Crippen LogP contribution in [0.4, 0.5) is 20.4 Å². The Labute approximate surface area is 253 Å².